The number of carbonyl (C=O) groups is 2. The number of hydrogen-bond acceptors (Lipinski definition) is 3. The molecule has 1 atom stereocenters. The number of urea groups is 1. The van der Waals surface area contributed by atoms with Gasteiger partial charge >= 0.3 is 6.03 Å². The molecule has 0 saturated carbocycles. The third-order valence-electron chi connectivity index (χ3n) is 5.82. The summed E-state index contributed by atoms with van der Waals surface area (Å²) >= 11 is 0. The van der Waals surface area contributed by atoms with Gasteiger partial charge in [0.2, 0.25) is 5.91 Å². The minimum atomic E-state index is -0.468. The maximum atomic E-state index is 13.0. The molecular weight excluding hydrogens is 366 g/mol. The van der Waals surface area contributed by atoms with E-state index in [1.54, 1.807) is 24.1 Å². The van der Waals surface area contributed by atoms with Crippen molar-refractivity contribution in [2.75, 3.05) is 24.3 Å². The number of para-hydroxylation sites is 2. The quantitative estimate of drug-likeness (QED) is 0.817. The first-order valence-electron chi connectivity index (χ1n) is 10.3. The maximum Gasteiger partial charge on any atom is 0.322 e. The Balaban J connectivity index is 1.47. The van der Waals surface area contributed by atoms with Crippen molar-refractivity contribution in [2.45, 2.75) is 44.6 Å². The lowest BCUT2D eigenvalue weighted by Gasteiger charge is -2.26. The molecule has 0 spiro atoms. The fraction of sp³-hybridized carbons (Fsp3) is 0.391. The highest BCUT2D eigenvalue weighted by atomic mass is 16.5. The number of rotatable bonds is 4. The van der Waals surface area contributed by atoms with Crippen LogP contribution in [-0.2, 0) is 17.6 Å². The highest BCUT2D eigenvalue weighted by Gasteiger charge is 2.34. The van der Waals surface area contributed by atoms with E-state index in [-0.39, 0.29) is 11.9 Å². The largest absolute Gasteiger partial charge is 0.495 e. The number of benzene rings is 2. The molecule has 152 valence electrons. The van der Waals surface area contributed by atoms with E-state index in [0.717, 1.165) is 31.4 Å². The van der Waals surface area contributed by atoms with Crippen LogP contribution in [0, 0.1) is 0 Å². The molecule has 0 unspecified atom stereocenters. The standard InChI is InChI=1S/C23H27N3O3/c1-29-21-14-5-4-11-19(21)25-23(28)26-15-7-13-20(26)22(27)24-18-12-6-9-16-8-2-3-10-17(16)18/h4-6,9,11-12,14,20H,2-3,7-8,10,13,15H2,1H3,(H,24,27)(H,25,28)/t20-/m1/s1. The number of methoxy groups -OCH3 is 1. The molecule has 29 heavy (non-hydrogen) atoms. The lowest BCUT2D eigenvalue weighted by atomic mass is 9.90. The molecule has 2 N–H and O–H groups in total. The van der Waals surface area contributed by atoms with Crippen molar-refractivity contribution >= 4 is 23.3 Å². The Labute approximate surface area is 171 Å². The van der Waals surface area contributed by atoms with E-state index >= 15 is 0 Å². The van der Waals surface area contributed by atoms with Gasteiger partial charge in [-0.05, 0) is 67.9 Å². The summed E-state index contributed by atoms with van der Waals surface area (Å²) in [5.41, 5.74) is 4.06. The number of hydrogen-bond donors (Lipinski definition) is 2. The molecule has 4 rings (SSSR count). The van der Waals surface area contributed by atoms with Gasteiger partial charge in [0, 0.05) is 12.2 Å². The van der Waals surface area contributed by atoms with Crippen LogP contribution < -0.4 is 15.4 Å². The SMILES string of the molecule is COc1ccccc1NC(=O)N1CCC[C@@H]1C(=O)Nc1cccc2c1CCCC2. The van der Waals surface area contributed by atoms with Crippen LogP contribution in [0.5, 0.6) is 5.75 Å². The topological polar surface area (TPSA) is 70.7 Å². The molecule has 0 bridgehead atoms. The number of anilines is 2. The molecule has 1 aliphatic heterocycles. The summed E-state index contributed by atoms with van der Waals surface area (Å²) < 4.78 is 5.30. The highest BCUT2D eigenvalue weighted by Crippen LogP contribution is 2.29. The van der Waals surface area contributed by atoms with Crippen LogP contribution in [0.3, 0.4) is 0 Å². The van der Waals surface area contributed by atoms with Crippen molar-refractivity contribution in [2.24, 2.45) is 0 Å². The predicted octanol–water partition coefficient (Wildman–Crippen LogP) is 4.21. The molecular formula is C23H27N3O3. The van der Waals surface area contributed by atoms with E-state index in [4.69, 9.17) is 4.74 Å². The third kappa shape index (κ3) is 4.06. The van der Waals surface area contributed by atoms with E-state index < -0.39 is 6.04 Å². The number of likely N-dealkylation sites (tertiary alicyclic amines) is 1. The van der Waals surface area contributed by atoms with Crippen molar-refractivity contribution < 1.29 is 14.3 Å². The highest BCUT2D eigenvalue weighted by molar-refractivity contribution is 6.00. The van der Waals surface area contributed by atoms with E-state index in [2.05, 4.69) is 16.7 Å². The maximum absolute atomic E-state index is 13.0. The Morgan fingerprint density at radius 2 is 1.76 bits per heavy atom. The summed E-state index contributed by atoms with van der Waals surface area (Å²) in [5, 5.41) is 5.98. The van der Waals surface area contributed by atoms with Crippen molar-refractivity contribution in [1.29, 1.82) is 0 Å². The van der Waals surface area contributed by atoms with E-state index in [1.807, 2.05) is 24.3 Å². The van der Waals surface area contributed by atoms with Crippen LogP contribution in [0.4, 0.5) is 16.2 Å². The number of fused-ring (bicyclic) bond motifs is 1. The van der Waals surface area contributed by atoms with Gasteiger partial charge in [-0.3, -0.25) is 4.79 Å². The lowest BCUT2D eigenvalue weighted by Crippen LogP contribution is -2.45. The molecule has 6 heteroatoms. The third-order valence-corrected chi connectivity index (χ3v) is 5.82. The minimum absolute atomic E-state index is 0.114. The Bertz CT molecular complexity index is 912. The number of nitrogens with zero attached hydrogens (tertiary/aromatic N) is 1. The zero-order chi connectivity index (χ0) is 20.2. The molecule has 6 nitrogen and oxygen atoms in total. The zero-order valence-corrected chi connectivity index (χ0v) is 16.7. The zero-order valence-electron chi connectivity index (χ0n) is 16.7. The molecule has 3 amide bonds. The van der Waals surface area contributed by atoms with Gasteiger partial charge in [-0.1, -0.05) is 24.3 Å². The van der Waals surface area contributed by atoms with Crippen molar-refractivity contribution in [3.63, 3.8) is 0 Å². The Kier molecular flexibility index (Phi) is 5.69. The average Bonchev–Trinajstić information content (AvgIpc) is 3.25. The van der Waals surface area contributed by atoms with Gasteiger partial charge in [0.05, 0.1) is 12.8 Å². The molecule has 2 aromatic rings. The second kappa shape index (κ2) is 8.55. The lowest BCUT2D eigenvalue weighted by molar-refractivity contribution is -0.119. The van der Waals surface area contributed by atoms with Gasteiger partial charge in [0.1, 0.15) is 11.8 Å². The summed E-state index contributed by atoms with van der Waals surface area (Å²) in [6, 6.07) is 12.6. The first kappa shape index (κ1) is 19.3. The van der Waals surface area contributed by atoms with E-state index in [0.29, 0.717) is 24.4 Å². The molecule has 1 heterocycles. The van der Waals surface area contributed by atoms with Gasteiger partial charge in [-0.15, -0.1) is 0 Å². The number of amides is 3. The molecule has 1 saturated heterocycles. The summed E-state index contributed by atoms with van der Waals surface area (Å²) in [5.74, 6) is 0.480. The smallest absolute Gasteiger partial charge is 0.322 e. The van der Waals surface area contributed by atoms with Gasteiger partial charge in [0.25, 0.3) is 0 Å². The fourth-order valence-corrected chi connectivity index (χ4v) is 4.33. The second-order valence-corrected chi connectivity index (χ2v) is 7.62. The van der Waals surface area contributed by atoms with Crippen LogP contribution >= 0.6 is 0 Å². The predicted molar refractivity (Wildman–Crippen MR) is 113 cm³/mol. The number of ether oxygens (including phenoxy) is 1. The summed E-state index contributed by atoms with van der Waals surface area (Å²) in [7, 11) is 1.57. The average molecular weight is 393 g/mol. The van der Waals surface area contributed by atoms with Gasteiger partial charge in [-0.25, -0.2) is 4.79 Å². The van der Waals surface area contributed by atoms with Crippen LogP contribution in [0.15, 0.2) is 42.5 Å². The first-order chi connectivity index (χ1) is 14.2. The van der Waals surface area contributed by atoms with Gasteiger partial charge in [-0.2, -0.15) is 0 Å². The molecule has 0 aromatic heterocycles. The Morgan fingerprint density at radius 3 is 2.62 bits per heavy atom. The Morgan fingerprint density at radius 1 is 0.966 bits per heavy atom. The molecule has 1 fully saturated rings. The summed E-state index contributed by atoms with van der Waals surface area (Å²) in [6.07, 6.45) is 5.88. The molecule has 2 aliphatic rings. The summed E-state index contributed by atoms with van der Waals surface area (Å²) in [4.78, 5) is 27.5. The van der Waals surface area contributed by atoms with Crippen molar-refractivity contribution in [3.05, 3.63) is 53.6 Å². The normalized spacial score (nSPS) is 18.1. The van der Waals surface area contributed by atoms with Gasteiger partial charge in [0.15, 0.2) is 0 Å². The Hall–Kier alpha value is -3.02. The van der Waals surface area contributed by atoms with E-state index in [9.17, 15) is 9.59 Å². The molecule has 0 radical (unpaired) electrons. The van der Waals surface area contributed by atoms with Crippen LogP contribution in [0.25, 0.3) is 0 Å². The number of aryl methyl sites for hydroxylation is 1. The minimum Gasteiger partial charge on any atom is -0.495 e. The summed E-state index contributed by atoms with van der Waals surface area (Å²) in [6.45, 7) is 0.561. The van der Waals surface area contributed by atoms with Crippen molar-refractivity contribution in [1.82, 2.24) is 4.90 Å². The van der Waals surface area contributed by atoms with E-state index in [1.165, 1.54) is 17.5 Å². The fourth-order valence-electron chi connectivity index (χ4n) is 4.33. The monoisotopic (exact) mass is 393 g/mol. The molecule has 2 aromatic carbocycles. The molecule has 1 aliphatic carbocycles. The van der Waals surface area contributed by atoms with Gasteiger partial charge < -0.3 is 20.3 Å². The van der Waals surface area contributed by atoms with Crippen LogP contribution in [-0.4, -0.2) is 36.5 Å². The van der Waals surface area contributed by atoms with Crippen LogP contribution in [0.2, 0.25) is 0 Å². The second-order valence-electron chi connectivity index (χ2n) is 7.62. The van der Waals surface area contributed by atoms with Crippen molar-refractivity contribution in [3.8, 4) is 5.75 Å². The number of carbonyl (C=O) groups excluding carboxylic acids is 2. The van der Waals surface area contributed by atoms with Crippen LogP contribution in [0.1, 0.15) is 36.8 Å². The number of nitrogens with one attached hydrogen (secondary N) is 2. The first-order valence-corrected chi connectivity index (χ1v) is 10.3.